The zero-order valence-electron chi connectivity index (χ0n) is 9.03. The van der Waals surface area contributed by atoms with Crippen LogP contribution in [0.4, 0.5) is 0 Å². The molecule has 0 radical (unpaired) electrons. The highest BCUT2D eigenvalue weighted by Gasteiger charge is 2.17. The molecule has 0 aromatic heterocycles. The van der Waals surface area contributed by atoms with E-state index < -0.39 is 0 Å². The first-order chi connectivity index (χ1) is 6.66. The molecule has 1 nitrogen and oxygen atoms in total. The number of hydrogen-bond donors (Lipinski definition) is 1. The Morgan fingerprint density at radius 3 is 2.36 bits per heavy atom. The van der Waals surface area contributed by atoms with Crippen LogP contribution in [0.2, 0.25) is 0 Å². The van der Waals surface area contributed by atoms with Crippen molar-refractivity contribution in [2.24, 2.45) is 5.73 Å². The molecule has 1 heteroatoms. The monoisotopic (exact) mass is 189 g/mol. The zero-order chi connectivity index (χ0) is 10.6. The van der Waals surface area contributed by atoms with Crippen LogP contribution in [-0.2, 0) is 0 Å². The second-order valence-electron chi connectivity index (χ2n) is 3.80. The molecule has 0 fully saturated rings. The summed E-state index contributed by atoms with van der Waals surface area (Å²) < 4.78 is 0. The number of rotatable bonds is 4. The van der Waals surface area contributed by atoms with Gasteiger partial charge in [0.1, 0.15) is 0 Å². The smallest absolute Gasteiger partial charge is 0.0317 e. The molecule has 14 heavy (non-hydrogen) atoms. The predicted octanol–water partition coefficient (Wildman–Crippen LogP) is 3.08. The molecule has 1 rings (SSSR count). The highest BCUT2D eigenvalue weighted by atomic mass is 14.6. The Hall–Kier alpha value is -1.08. The number of nitrogens with two attached hydrogens (primary N) is 1. The van der Waals surface area contributed by atoms with E-state index in [4.69, 9.17) is 5.73 Å². The first kappa shape index (κ1) is 11.0. The van der Waals surface area contributed by atoms with Crippen molar-refractivity contribution in [3.05, 3.63) is 48.0 Å². The molecule has 2 N–H and O–H groups in total. The average molecular weight is 189 g/mol. The first-order valence-corrected chi connectivity index (χ1v) is 5.12. The van der Waals surface area contributed by atoms with Gasteiger partial charge in [0.15, 0.2) is 0 Å². The van der Waals surface area contributed by atoms with E-state index in [0.29, 0.717) is 5.92 Å². The van der Waals surface area contributed by atoms with E-state index in [1.807, 2.05) is 13.0 Å². The van der Waals surface area contributed by atoms with Gasteiger partial charge in [-0.05, 0) is 18.9 Å². The van der Waals surface area contributed by atoms with Gasteiger partial charge in [-0.3, -0.25) is 0 Å². The van der Waals surface area contributed by atoms with Gasteiger partial charge in [0.25, 0.3) is 0 Å². The topological polar surface area (TPSA) is 26.0 Å². The first-order valence-electron chi connectivity index (χ1n) is 5.12. The molecule has 0 spiro atoms. The van der Waals surface area contributed by atoms with Crippen molar-refractivity contribution >= 4 is 0 Å². The molecule has 0 heterocycles. The predicted molar refractivity (Wildman–Crippen MR) is 62.3 cm³/mol. The summed E-state index contributed by atoms with van der Waals surface area (Å²) in [7, 11) is 0. The van der Waals surface area contributed by atoms with Crippen molar-refractivity contribution in [3.63, 3.8) is 0 Å². The molecular formula is C13H19N. The lowest BCUT2D eigenvalue weighted by atomic mass is 9.86. The maximum Gasteiger partial charge on any atom is 0.0317 e. The van der Waals surface area contributed by atoms with E-state index in [-0.39, 0.29) is 6.04 Å². The van der Waals surface area contributed by atoms with E-state index >= 15 is 0 Å². The lowest BCUT2D eigenvalue weighted by Gasteiger charge is -2.23. The van der Waals surface area contributed by atoms with Crippen LogP contribution < -0.4 is 5.73 Å². The summed E-state index contributed by atoms with van der Waals surface area (Å²) in [4.78, 5) is 0. The minimum atomic E-state index is 0.0717. The van der Waals surface area contributed by atoms with Gasteiger partial charge in [-0.25, -0.2) is 0 Å². The lowest BCUT2D eigenvalue weighted by Crippen LogP contribution is -2.28. The second kappa shape index (κ2) is 4.97. The Bertz CT molecular complexity index is 289. The zero-order valence-corrected chi connectivity index (χ0v) is 9.03. The van der Waals surface area contributed by atoms with Crippen LogP contribution in [0.25, 0.3) is 0 Å². The molecule has 2 unspecified atom stereocenters. The van der Waals surface area contributed by atoms with Gasteiger partial charge in [-0.15, -0.1) is 0 Å². The normalized spacial score (nSPS) is 14.8. The summed E-state index contributed by atoms with van der Waals surface area (Å²) in [5.74, 6) is 0.397. The van der Waals surface area contributed by atoms with Gasteiger partial charge in [-0.2, -0.15) is 0 Å². The summed E-state index contributed by atoms with van der Waals surface area (Å²) in [5, 5.41) is 0. The summed E-state index contributed by atoms with van der Waals surface area (Å²) >= 11 is 0. The van der Waals surface area contributed by atoms with Crippen LogP contribution in [0.3, 0.4) is 0 Å². The van der Waals surface area contributed by atoms with Crippen LogP contribution in [0.5, 0.6) is 0 Å². The molecule has 76 valence electrons. The molecule has 0 bridgehead atoms. The molecule has 1 aromatic rings. The van der Waals surface area contributed by atoms with Crippen LogP contribution in [0, 0.1) is 0 Å². The van der Waals surface area contributed by atoms with Crippen LogP contribution in [0.1, 0.15) is 31.7 Å². The number of hydrogen-bond acceptors (Lipinski definition) is 1. The molecule has 0 aliphatic rings. The van der Waals surface area contributed by atoms with Gasteiger partial charge < -0.3 is 5.73 Å². The Morgan fingerprint density at radius 1 is 1.36 bits per heavy atom. The van der Waals surface area contributed by atoms with Crippen molar-refractivity contribution in [1.82, 2.24) is 0 Å². The van der Waals surface area contributed by atoms with Gasteiger partial charge in [0, 0.05) is 12.0 Å². The van der Waals surface area contributed by atoms with Gasteiger partial charge in [0.2, 0.25) is 0 Å². The minimum Gasteiger partial charge on any atom is -0.324 e. The molecule has 0 aliphatic carbocycles. The third-order valence-corrected chi connectivity index (χ3v) is 2.67. The number of benzene rings is 1. The van der Waals surface area contributed by atoms with Gasteiger partial charge in [-0.1, -0.05) is 49.4 Å². The molecular weight excluding hydrogens is 170 g/mol. The third kappa shape index (κ3) is 2.46. The highest BCUT2D eigenvalue weighted by molar-refractivity contribution is 5.24. The summed E-state index contributed by atoms with van der Waals surface area (Å²) in [6.07, 6.45) is 1.05. The van der Waals surface area contributed by atoms with Crippen molar-refractivity contribution in [2.45, 2.75) is 32.2 Å². The van der Waals surface area contributed by atoms with Crippen molar-refractivity contribution in [2.75, 3.05) is 0 Å². The van der Waals surface area contributed by atoms with Crippen molar-refractivity contribution in [1.29, 1.82) is 0 Å². The summed E-state index contributed by atoms with van der Waals surface area (Å²) in [5.41, 5.74) is 8.47. The fraction of sp³-hybridized carbons (Fsp3) is 0.385. The second-order valence-corrected chi connectivity index (χ2v) is 3.80. The van der Waals surface area contributed by atoms with Crippen molar-refractivity contribution < 1.29 is 0 Å². The summed E-state index contributed by atoms with van der Waals surface area (Å²) in [6.45, 7) is 8.09. The SMILES string of the molecule is C=C(C)C(N)C(CC)c1ccccc1. The quantitative estimate of drug-likeness (QED) is 0.724. The Kier molecular flexibility index (Phi) is 3.90. The lowest BCUT2D eigenvalue weighted by molar-refractivity contribution is 0.572. The van der Waals surface area contributed by atoms with Crippen LogP contribution in [-0.4, -0.2) is 6.04 Å². The molecule has 0 amide bonds. The average Bonchev–Trinajstić information content (AvgIpc) is 2.20. The fourth-order valence-electron chi connectivity index (χ4n) is 1.74. The van der Waals surface area contributed by atoms with Crippen molar-refractivity contribution in [3.8, 4) is 0 Å². The van der Waals surface area contributed by atoms with Gasteiger partial charge in [0.05, 0.1) is 0 Å². The molecule has 1 aromatic carbocycles. The van der Waals surface area contributed by atoms with E-state index in [1.54, 1.807) is 0 Å². The van der Waals surface area contributed by atoms with E-state index in [1.165, 1.54) is 5.56 Å². The summed E-state index contributed by atoms with van der Waals surface area (Å²) in [6, 6.07) is 10.5. The van der Waals surface area contributed by atoms with E-state index in [2.05, 4.69) is 37.8 Å². The molecule has 0 aliphatic heterocycles. The molecule has 2 atom stereocenters. The van der Waals surface area contributed by atoms with Crippen LogP contribution in [0.15, 0.2) is 42.5 Å². The third-order valence-electron chi connectivity index (χ3n) is 2.67. The molecule has 0 saturated carbocycles. The van der Waals surface area contributed by atoms with Gasteiger partial charge >= 0.3 is 0 Å². The van der Waals surface area contributed by atoms with E-state index in [9.17, 15) is 0 Å². The Labute approximate surface area is 86.6 Å². The Morgan fingerprint density at radius 2 is 1.93 bits per heavy atom. The van der Waals surface area contributed by atoms with Crippen LogP contribution >= 0.6 is 0 Å². The van der Waals surface area contributed by atoms with E-state index in [0.717, 1.165) is 12.0 Å². The fourth-order valence-corrected chi connectivity index (χ4v) is 1.74. The Balaban J connectivity index is 2.87. The highest BCUT2D eigenvalue weighted by Crippen LogP contribution is 2.24. The minimum absolute atomic E-state index is 0.0717. The maximum absolute atomic E-state index is 6.10. The molecule has 0 saturated heterocycles. The largest absolute Gasteiger partial charge is 0.324 e. The standard InChI is InChI=1S/C13H19N/c1-4-12(13(14)10(2)3)11-8-6-5-7-9-11/h5-9,12-13H,2,4,14H2,1,3H3. The maximum atomic E-state index is 6.10.